The number of thiophene rings is 1. The first-order valence-corrected chi connectivity index (χ1v) is 8.78. The van der Waals surface area contributed by atoms with Gasteiger partial charge in [0.05, 0.1) is 29.8 Å². The molecule has 3 rings (SSSR count). The summed E-state index contributed by atoms with van der Waals surface area (Å²) in [7, 11) is 0. The molecular weight excluding hydrogens is 332 g/mol. The van der Waals surface area contributed by atoms with E-state index in [0.29, 0.717) is 23.1 Å². The normalized spacial score (nSPS) is 11.8. The standard InChI is InChI=1S/C19H16N4OS/c1-13-16-18(25-17(13)15-7-3-2-4-8-15)22-12-23(19(16)24)11-14(10-21)6-5-9-20/h2-4,7-8,12,14H,5-6,11H2,1H3/t14-/m1/s1. The number of nitriles is 2. The van der Waals surface area contributed by atoms with Crippen LogP contribution in [0.3, 0.4) is 0 Å². The van der Waals surface area contributed by atoms with Gasteiger partial charge in [-0.1, -0.05) is 30.3 Å². The van der Waals surface area contributed by atoms with Gasteiger partial charge in [0.25, 0.3) is 5.56 Å². The van der Waals surface area contributed by atoms with Gasteiger partial charge in [-0.05, 0) is 24.5 Å². The van der Waals surface area contributed by atoms with Crippen molar-refractivity contribution < 1.29 is 0 Å². The summed E-state index contributed by atoms with van der Waals surface area (Å²) in [6, 6.07) is 14.1. The molecular formula is C19H16N4OS. The zero-order valence-electron chi connectivity index (χ0n) is 13.8. The monoisotopic (exact) mass is 348 g/mol. The highest BCUT2D eigenvalue weighted by Gasteiger charge is 2.17. The van der Waals surface area contributed by atoms with Crippen molar-refractivity contribution in [1.29, 1.82) is 10.5 Å². The van der Waals surface area contributed by atoms with Crippen LogP contribution in [0.25, 0.3) is 20.7 Å². The molecule has 2 heterocycles. The second-order valence-corrected chi connectivity index (χ2v) is 6.83. The highest BCUT2D eigenvalue weighted by molar-refractivity contribution is 7.22. The number of nitrogens with zero attached hydrogens (tertiary/aromatic N) is 4. The topological polar surface area (TPSA) is 82.5 Å². The fourth-order valence-electron chi connectivity index (χ4n) is 2.83. The van der Waals surface area contributed by atoms with Gasteiger partial charge in [-0.2, -0.15) is 10.5 Å². The van der Waals surface area contributed by atoms with Crippen LogP contribution in [0, 0.1) is 35.5 Å². The Kier molecular flexibility index (Phi) is 4.92. The van der Waals surface area contributed by atoms with Crippen molar-refractivity contribution in [2.75, 3.05) is 0 Å². The van der Waals surface area contributed by atoms with Gasteiger partial charge in [0.15, 0.2) is 0 Å². The van der Waals surface area contributed by atoms with Crippen LogP contribution < -0.4 is 5.56 Å². The lowest BCUT2D eigenvalue weighted by Crippen LogP contribution is -2.24. The third kappa shape index (κ3) is 3.31. The van der Waals surface area contributed by atoms with Gasteiger partial charge in [0, 0.05) is 17.8 Å². The number of hydrogen-bond donors (Lipinski definition) is 0. The van der Waals surface area contributed by atoms with Crippen molar-refractivity contribution in [1.82, 2.24) is 9.55 Å². The molecule has 2 aromatic heterocycles. The van der Waals surface area contributed by atoms with Crippen LogP contribution in [-0.4, -0.2) is 9.55 Å². The van der Waals surface area contributed by atoms with E-state index in [0.717, 1.165) is 16.0 Å². The minimum Gasteiger partial charge on any atom is -0.297 e. The Hall–Kier alpha value is -2.96. The number of rotatable bonds is 5. The van der Waals surface area contributed by atoms with Crippen molar-refractivity contribution in [2.45, 2.75) is 26.3 Å². The summed E-state index contributed by atoms with van der Waals surface area (Å²) >= 11 is 1.51. The van der Waals surface area contributed by atoms with E-state index in [9.17, 15) is 10.1 Å². The number of fused-ring (bicyclic) bond motifs is 1. The minimum atomic E-state index is -0.371. The SMILES string of the molecule is Cc1c(-c2ccccc2)sc2ncn(C[C@@H](C#N)CCC#N)c(=O)c12. The maximum atomic E-state index is 12.9. The van der Waals surface area contributed by atoms with E-state index in [1.54, 1.807) is 0 Å². The molecule has 0 N–H and O–H groups in total. The molecule has 0 saturated heterocycles. The van der Waals surface area contributed by atoms with Crippen LogP contribution in [0.4, 0.5) is 0 Å². The largest absolute Gasteiger partial charge is 0.297 e. The van der Waals surface area contributed by atoms with Crippen molar-refractivity contribution in [3.8, 4) is 22.6 Å². The average molecular weight is 348 g/mol. The smallest absolute Gasteiger partial charge is 0.262 e. The predicted octanol–water partition coefficient (Wildman–Crippen LogP) is 3.88. The molecule has 124 valence electrons. The Balaban J connectivity index is 2.03. The van der Waals surface area contributed by atoms with Crippen molar-refractivity contribution in [3.63, 3.8) is 0 Å². The molecule has 3 aromatic rings. The lowest BCUT2D eigenvalue weighted by Gasteiger charge is -2.09. The Morgan fingerprint density at radius 3 is 2.72 bits per heavy atom. The minimum absolute atomic E-state index is 0.127. The van der Waals surface area contributed by atoms with E-state index >= 15 is 0 Å². The molecule has 1 atom stereocenters. The molecule has 0 amide bonds. The number of benzene rings is 1. The van der Waals surface area contributed by atoms with Crippen LogP contribution >= 0.6 is 11.3 Å². The van der Waals surface area contributed by atoms with Crippen LogP contribution in [-0.2, 0) is 6.54 Å². The van der Waals surface area contributed by atoms with E-state index < -0.39 is 0 Å². The number of aromatic nitrogens is 2. The van der Waals surface area contributed by atoms with Crippen LogP contribution in [0.15, 0.2) is 41.5 Å². The summed E-state index contributed by atoms with van der Waals surface area (Å²) in [6.07, 6.45) is 2.26. The first kappa shape index (κ1) is 16.9. The molecule has 6 heteroatoms. The molecule has 0 unspecified atom stereocenters. The van der Waals surface area contributed by atoms with Gasteiger partial charge in [-0.25, -0.2) is 4.98 Å². The molecule has 0 spiro atoms. The molecule has 0 fully saturated rings. The Labute approximate surface area is 149 Å². The molecule has 25 heavy (non-hydrogen) atoms. The zero-order chi connectivity index (χ0) is 17.8. The second-order valence-electron chi connectivity index (χ2n) is 5.83. The van der Waals surface area contributed by atoms with E-state index in [2.05, 4.69) is 11.1 Å². The van der Waals surface area contributed by atoms with Crippen LogP contribution in [0.2, 0.25) is 0 Å². The van der Waals surface area contributed by atoms with E-state index in [1.165, 1.54) is 22.2 Å². The highest BCUT2D eigenvalue weighted by atomic mass is 32.1. The number of hydrogen-bond acceptors (Lipinski definition) is 5. The van der Waals surface area contributed by atoms with Crippen LogP contribution in [0.1, 0.15) is 18.4 Å². The summed E-state index contributed by atoms with van der Waals surface area (Å²) in [5.41, 5.74) is 1.86. The fourth-order valence-corrected chi connectivity index (χ4v) is 3.97. The van der Waals surface area contributed by atoms with E-state index in [-0.39, 0.29) is 18.0 Å². The predicted molar refractivity (Wildman–Crippen MR) is 98.0 cm³/mol. The van der Waals surface area contributed by atoms with Gasteiger partial charge in [0.2, 0.25) is 0 Å². The van der Waals surface area contributed by atoms with Crippen LogP contribution in [0.5, 0.6) is 0 Å². The molecule has 1 aromatic carbocycles. The van der Waals surface area contributed by atoms with Gasteiger partial charge in [0.1, 0.15) is 4.83 Å². The lowest BCUT2D eigenvalue weighted by molar-refractivity contribution is 0.498. The number of aryl methyl sites for hydroxylation is 1. The Morgan fingerprint density at radius 2 is 2.04 bits per heavy atom. The maximum absolute atomic E-state index is 12.9. The second kappa shape index (κ2) is 7.29. The van der Waals surface area contributed by atoms with Gasteiger partial charge in [-0.15, -0.1) is 11.3 Å². The third-order valence-electron chi connectivity index (χ3n) is 4.16. The molecule has 0 aliphatic carbocycles. The molecule has 0 aliphatic rings. The average Bonchev–Trinajstić information content (AvgIpc) is 2.98. The summed E-state index contributed by atoms with van der Waals surface area (Å²) in [5.74, 6) is -0.371. The fraction of sp³-hybridized carbons (Fsp3) is 0.263. The summed E-state index contributed by atoms with van der Waals surface area (Å²) in [5, 5.41) is 18.5. The zero-order valence-corrected chi connectivity index (χ0v) is 14.6. The summed E-state index contributed by atoms with van der Waals surface area (Å²) in [6.45, 7) is 2.20. The van der Waals surface area contributed by atoms with Crippen molar-refractivity contribution in [2.24, 2.45) is 5.92 Å². The first-order chi connectivity index (χ1) is 12.2. The van der Waals surface area contributed by atoms with Gasteiger partial charge < -0.3 is 0 Å². The lowest BCUT2D eigenvalue weighted by atomic mass is 10.1. The molecule has 0 bridgehead atoms. The van der Waals surface area contributed by atoms with Crippen molar-refractivity contribution in [3.05, 3.63) is 52.6 Å². The Morgan fingerprint density at radius 1 is 1.28 bits per heavy atom. The summed E-state index contributed by atoms with van der Waals surface area (Å²) < 4.78 is 1.49. The van der Waals surface area contributed by atoms with E-state index in [4.69, 9.17) is 5.26 Å². The van der Waals surface area contributed by atoms with Gasteiger partial charge in [-0.3, -0.25) is 9.36 Å². The molecule has 0 radical (unpaired) electrons. The van der Waals surface area contributed by atoms with E-state index in [1.807, 2.05) is 43.3 Å². The molecule has 0 saturated carbocycles. The first-order valence-electron chi connectivity index (χ1n) is 7.96. The van der Waals surface area contributed by atoms with Gasteiger partial charge >= 0.3 is 0 Å². The highest BCUT2D eigenvalue weighted by Crippen LogP contribution is 2.35. The molecule has 0 aliphatic heterocycles. The van der Waals surface area contributed by atoms with Crippen molar-refractivity contribution >= 4 is 21.6 Å². The summed E-state index contributed by atoms with van der Waals surface area (Å²) in [4.78, 5) is 19.1. The maximum Gasteiger partial charge on any atom is 0.262 e. The molecule has 5 nitrogen and oxygen atoms in total. The Bertz CT molecular complexity index is 1040. The third-order valence-corrected chi connectivity index (χ3v) is 5.41. The quantitative estimate of drug-likeness (QED) is 0.700.